The quantitative estimate of drug-likeness (QED) is 0.660. The minimum Gasteiger partial charge on any atom is -0.480 e. The Hall–Kier alpha value is -1.37. The summed E-state index contributed by atoms with van der Waals surface area (Å²) in [6.45, 7) is 3.50. The smallest absolute Gasteiger partial charge is 0.327 e. The normalized spacial score (nSPS) is 18.4. The molecule has 2 rings (SSSR count). The Balaban J connectivity index is 2.32. The fraction of sp³-hybridized carbons (Fsp3) is 0.267. The molecule has 1 N–H and O–H groups in total. The van der Waals surface area contributed by atoms with E-state index in [1.807, 2.05) is 0 Å². The van der Waals surface area contributed by atoms with Gasteiger partial charge >= 0.3 is 5.97 Å². The average molecular weight is 356 g/mol. The van der Waals surface area contributed by atoms with Gasteiger partial charge in [0.1, 0.15) is 10.4 Å². The summed E-state index contributed by atoms with van der Waals surface area (Å²) in [5.41, 5.74) is 0.807. The van der Waals surface area contributed by atoms with Crippen molar-refractivity contribution in [1.82, 2.24) is 4.90 Å². The van der Waals surface area contributed by atoms with E-state index in [4.69, 9.17) is 23.8 Å². The zero-order valence-electron chi connectivity index (χ0n) is 11.9. The average Bonchev–Trinajstić information content (AvgIpc) is 2.69. The Bertz CT molecular complexity index is 655. The lowest BCUT2D eigenvalue weighted by Gasteiger charge is -2.26. The van der Waals surface area contributed by atoms with Crippen molar-refractivity contribution in [2.75, 3.05) is 0 Å². The van der Waals surface area contributed by atoms with Gasteiger partial charge in [0.05, 0.1) is 4.91 Å². The summed E-state index contributed by atoms with van der Waals surface area (Å²) in [6, 6.07) is 6.06. The van der Waals surface area contributed by atoms with Crippen LogP contribution in [-0.2, 0) is 9.59 Å². The molecule has 0 aromatic heterocycles. The lowest BCUT2D eigenvalue weighted by atomic mass is 10.0. The minimum absolute atomic E-state index is 0.241. The Morgan fingerprint density at radius 1 is 1.36 bits per heavy atom. The number of carboxylic acid groups (broad SMARTS) is 1. The topological polar surface area (TPSA) is 57.6 Å². The number of benzene rings is 1. The van der Waals surface area contributed by atoms with Gasteiger partial charge in [0.15, 0.2) is 0 Å². The van der Waals surface area contributed by atoms with Crippen LogP contribution in [0.15, 0.2) is 29.2 Å². The van der Waals surface area contributed by atoms with E-state index in [-0.39, 0.29) is 16.1 Å². The number of aliphatic carboxylic acids is 1. The number of nitrogens with zero attached hydrogens (tertiary/aromatic N) is 1. The van der Waals surface area contributed by atoms with Crippen LogP contribution in [0.3, 0.4) is 0 Å². The lowest BCUT2D eigenvalue weighted by Crippen LogP contribution is -2.47. The van der Waals surface area contributed by atoms with Crippen molar-refractivity contribution in [3.63, 3.8) is 0 Å². The number of rotatable bonds is 4. The summed E-state index contributed by atoms with van der Waals surface area (Å²) in [4.78, 5) is 25.5. The van der Waals surface area contributed by atoms with Crippen LogP contribution >= 0.6 is 35.6 Å². The summed E-state index contributed by atoms with van der Waals surface area (Å²) in [5.74, 6) is -1.67. The Morgan fingerprint density at radius 3 is 2.45 bits per heavy atom. The molecule has 4 nitrogen and oxygen atoms in total. The molecule has 1 aliphatic rings. The second-order valence-electron chi connectivity index (χ2n) is 5.13. The fourth-order valence-electron chi connectivity index (χ4n) is 2.12. The molecule has 0 bridgehead atoms. The number of carbonyl (C=O) groups is 2. The second-order valence-corrected chi connectivity index (χ2v) is 7.24. The maximum atomic E-state index is 12.5. The maximum Gasteiger partial charge on any atom is 0.327 e. The van der Waals surface area contributed by atoms with Gasteiger partial charge in [-0.15, -0.1) is 0 Å². The molecule has 22 heavy (non-hydrogen) atoms. The predicted octanol–water partition coefficient (Wildman–Crippen LogP) is 3.65. The standard InChI is InChI=1S/C15H14ClNO3S2/c1-8(2)12(14(19)20)17-13(18)11(22-15(17)21)7-9-3-5-10(16)6-4-9/h3-8,12H,1-2H3,(H,19,20)/b11-7+. The zero-order valence-corrected chi connectivity index (χ0v) is 14.3. The summed E-state index contributed by atoms with van der Waals surface area (Å²) in [6.07, 6.45) is 1.69. The Morgan fingerprint density at radius 2 is 1.95 bits per heavy atom. The third-order valence-electron chi connectivity index (χ3n) is 3.15. The third kappa shape index (κ3) is 3.51. The van der Waals surface area contributed by atoms with Crippen LogP contribution in [0.4, 0.5) is 0 Å². The van der Waals surface area contributed by atoms with Gasteiger partial charge in [-0.1, -0.05) is 61.6 Å². The highest BCUT2D eigenvalue weighted by atomic mass is 35.5. The fourth-order valence-corrected chi connectivity index (χ4v) is 3.58. The zero-order chi connectivity index (χ0) is 16.4. The van der Waals surface area contributed by atoms with E-state index in [1.54, 1.807) is 44.2 Å². The molecule has 1 heterocycles. The number of amides is 1. The van der Waals surface area contributed by atoms with Gasteiger partial charge in [-0.05, 0) is 29.7 Å². The first kappa shape index (κ1) is 17.0. The molecular weight excluding hydrogens is 342 g/mol. The molecule has 1 aliphatic heterocycles. The van der Waals surface area contributed by atoms with E-state index < -0.39 is 12.0 Å². The van der Waals surface area contributed by atoms with E-state index in [0.717, 1.165) is 17.3 Å². The molecule has 1 amide bonds. The molecule has 0 aliphatic carbocycles. The number of hydrogen-bond donors (Lipinski definition) is 1. The van der Waals surface area contributed by atoms with Crippen molar-refractivity contribution in [3.05, 3.63) is 39.8 Å². The molecule has 1 aromatic carbocycles. The molecule has 0 spiro atoms. The van der Waals surface area contributed by atoms with Gasteiger partial charge in [0.25, 0.3) is 5.91 Å². The first-order chi connectivity index (χ1) is 10.3. The number of thioether (sulfide) groups is 1. The van der Waals surface area contributed by atoms with Crippen LogP contribution in [-0.4, -0.2) is 32.2 Å². The highest BCUT2D eigenvalue weighted by Gasteiger charge is 2.41. The van der Waals surface area contributed by atoms with Gasteiger partial charge in [0.2, 0.25) is 0 Å². The second kappa shape index (κ2) is 6.81. The van der Waals surface area contributed by atoms with Gasteiger partial charge in [-0.2, -0.15) is 0 Å². The minimum atomic E-state index is -1.06. The molecule has 0 radical (unpaired) electrons. The number of thiocarbonyl (C=S) groups is 1. The maximum absolute atomic E-state index is 12.5. The van der Waals surface area contributed by atoms with Crippen LogP contribution in [0.2, 0.25) is 5.02 Å². The van der Waals surface area contributed by atoms with Crippen molar-refractivity contribution < 1.29 is 14.7 Å². The number of hydrogen-bond acceptors (Lipinski definition) is 4. The van der Waals surface area contributed by atoms with Crippen molar-refractivity contribution >= 4 is 57.9 Å². The number of halogens is 1. The first-order valence-electron chi connectivity index (χ1n) is 6.56. The summed E-state index contributed by atoms with van der Waals surface area (Å²) >= 11 is 12.1. The highest BCUT2D eigenvalue weighted by molar-refractivity contribution is 8.26. The molecule has 1 atom stereocenters. The van der Waals surface area contributed by atoms with Crippen LogP contribution < -0.4 is 0 Å². The van der Waals surface area contributed by atoms with Crippen LogP contribution in [0.1, 0.15) is 19.4 Å². The summed E-state index contributed by atoms with van der Waals surface area (Å²) < 4.78 is 0.270. The van der Waals surface area contributed by atoms with Gasteiger partial charge in [-0.3, -0.25) is 9.69 Å². The van der Waals surface area contributed by atoms with E-state index in [2.05, 4.69) is 0 Å². The van der Waals surface area contributed by atoms with E-state index in [9.17, 15) is 14.7 Å². The number of carboxylic acids is 1. The molecule has 0 saturated carbocycles. The largest absolute Gasteiger partial charge is 0.480 e. The molecular formula is C15H14ClNO3S2. The van der Waals surface area contributed by atoms with Crippen LogP contribution in [0.5, 0.6) is 0 Å². The SMILES string of the molecule is CC(C)C(C(=O)O)N1C(=O)/C(=C\c2ccc(Cl)cc2)SC1=S. The van der Waals surface area contributed by atoms with Crippen molar-refractivity contribution in [2.24, 2.45) is 5.92 Å². The number of carbonyl (C=O) groups excluding carboxylic acids is 1. The molecule has 1 fully saturated rings. The first-order valence-corrected chi connectivity index (χ1v) is 8.17. The monoisotopic (exact) mass is 355 g/mol. The van der Waals surface area contributed by atoms with Gasteiger partial charge in [-0.25, -0.2) is 4.79 Å². The summed E-state index contributed by atoms with van der Waals surface area (Å²) in [7, 11) is 0. The van der Waals surface area contributed by atoms with Gasteiger partial charge < -0.3 is 5.11 Å². The molecule has 1 saturated heterocycles. The Labute approximate surface area is 143 Å². The molecule has 1 aromatic rings. The van der Waals surface area contributed by atoms with E-state index in [0.29, 0.717) is 9.93 Å². The predicted molar refractivity (Wildman–Crippen MR) is 92.7 cm³/mol. The van der Waals surface area contributed by atoms with Crippen molar-refractivity contribution in [1.29, 1.82) is 0 Å². The third-order valence-corrected chi connectivity index (χ3v) is 4.74. The summed E-state index contributed by atoms with van der Waals surface area (Å²) in [5, 5.41) is 9.96. The molecule has 1 unspecified atom stereocenters. The molecule has 7 heteroatoms. The van der Waals surface area contributed by atoms with Crippen molar-refractivity contribution in [2.45, 2.75) is 19.9 Å². The molecule has 116 valence electrons. The van der Waals surface area contributed by atoms with E-state index in [1.165, 1.54) is 4.90 Å². The van der Waals surface area contributed by atoms with E-state index >= 15 is 0 Å². The van der Waals surface area contributed by atoms with Crippen LogP contribution in [0.25, 0.3) is 6.08 Å². The Kier molecular flexibility index (Phi) is 5.26. The van der Waals surface area contributed by atoms with Gasteiger partial charge in [0, 0.05) is 5.02 Å². The van der Waals surface area contributed by atoms with Crippen molar-refractivity contribution in [3.8, 4) is 0 Å². The van der Waals surface area contributed by atoms with Crippen LogP contribution in [0, 0.1) is 5.92 Å². The highest BCUT2D eigenvalue weighted by Crippen LogP contribution is 2.35. The lowest BCUT2D eigenvalue weighted by molar-refractivity contribution is -0.146.